The molecule has 0 aromatic heterocycles. The number of alkyl halides is 3. The van der Waals surface area contributed by atoms with Gasteiger partial charge in [-0.1, -0.05) is 22.0 Å². The highest BCUT2D eigenvalue weighted by atomic mass is 79.9. The number of hydrogen-bond acceptors (Lipinski definition) is 4. The molecule has 1 aliphatic heterocycles. The minimum absolute atomic E-state index is 0.0125. The number of hydrogen-bond donors (Lipinski definition) is 0. The normalized spacial score (nSPS) is 16.3. The van der Waals surface area contributed by atoms with Gasteiger partial charge >= 0.3 is 12.1 Å². The average Bonchev–Trinajstić information content (AvgIpc) is 2.59. The second-order valence-corrected chi connectivity index (χ2v) is 7.48. The number of halogens is 4. The maximum Gasteiger partial charge on any atom is 0.421 e. The summed E-state index contributed by atoms with van der Waals surface area (Å²) < 4.78 is 49.8. The molecule has 1 heterocycles. The van der Waals surface area contributed by atoms with Crippen molar-refractivity contribution in [1.82, 2.24) is 4.90 Å². The van der Waals surface area contributed by atoms with Crippen LogP contribution in [0.1, 0.15) is 38.2 Å². The largest absolute Gasteiger partial charge is 0.493 e. The zero-order valence-electron chi connectivity index (χ0n) is 15.4. The Labute approximate surface area is 166 Å². The molecule has 2 rings (SSSR count). The van der Waals surface area contributed by atoms with E-state index in [4.69, 9.17) is 9.47 Å². The van der Waals surface area contributed by atoms with E-state index < -0.39 is 11.7 Å². The van der Waals surface area contributed by atoms with E-state index >= 15 is 0 Å². The minimum atomic E-state index is -4.46. The standard InChI is InChI=1S/C19H25BrF3NO3/c1-2-26-17(25)13-24-10-8-14(9-11-24)5-4-12-27-16-7-3-6-15(20)18(16)19(21,22)23/h3,6-7,14H,2,4-5,8-13H2,1H3. The second kappa shape index (κ2) is 10.3. The van der Waals surface area contributed by atoms with E-state index in [1.807, 2.05) is 0 Å². The molecule has 0 atom stereocenters. The zero-order chi connectivity index (χ0) is 19.9. The second-order valence-electron chi connectivity index (χ2n) is 6.63. The Morgan fingerprint density at radius 3 is 2.63 bits per heavy atom. The Bertz CT molecular complexity index is 617. The van der Waals surface area contributed by atoms with Gasteiger partial charge in [0.25, 0.3) is 0 Å². The van der Waals surface area contributed by atoms with Gasteiger partial charge in [0.1, 0.15) is 11.3 Å². The molecular weight excluding hydrogens is 427 g/mol. The Balaban J connectivity index is 1.72. The van der Waals surface area contributed by atoms with Gasteiger partial charge in [-0.15, -0.1) is 0 Å². The number of carbonyl (C=O) groups is 1. The van der Waals surface area contributed by atoms with Crippen molar-refractivity contribution in [3.8, 4) is 5.75 Å². The highest BCUT2D eigenvalue weighted by Gasteiger charge is 2.36. The number of rotatable bonds is 8. The Kier molecular flexibility index (Phi) is 8.41. The van der Waals surface area contributed by atoms with E-state index in [-0.39, 0.29) is 22.8 Å². The monoisotopic (exact) mass is 451 g/mol. The molecule has 1 aromatic carbocycles. The molecule has 1 aliphatic rings. The molecule has 0 aliphatic carbocycles. The van der Waals surface area contributed by atoms with Crippen molar-refractivity contribution in [2.24, 2.45) is 5.92 Å². The lowest BCUT2D eigenvalue weighted by atomic mass is 9.92. The zero-order valence-corrected chi connectivity index (χ0v) is 16.9. The number of benzene rings is 1. The van der Waals surface area contributed by atoms with Gasteiger partial charge in [0.2, 0.25) is 0 Å². The van der Waals surface area contributed by atoms with Crippen molar-refractivity contribution in [2.75, 3.05) is 32.8 Å². The molecule has 0 amide bonds. The van der Waals surface area contributed by atoms with E-state index in [2.05, 4.69) is 20.8 Å². The van der Waals surface area contributed by atoms with Crippen LogP contribution in [0.15, 0.2) is 22.7 Å². The fourth-order valence-electron chi connectivity index (χ4n) is 3.28. The number of esters is 1. The molecule has 27 heavy (non-hydrogen) atoms. The van der Waals surface area contributed by atoms with Crippen LogP contribution < -0.4 is 4.74 Å². The summed E-state index contributed by atoms with van der Waals surface area (Å²) in [6.07, 6.45) is -0.898. The summed E-state index contributed by atoms with van der Waals surface area (Å²) in [5, 5.41) is 0. The topological polar surface area (TPSA) is 38.8 Å². The summed E-state index contributed by atoms with van der Waals surface area (Å²) in [5.41, 5.74) is -0.766. The fraction of sp³-hybridized carbons (Fsp3) is 0.632. The van der Waals surface area contributed by atoms with Crippen LogP contribution in [0.25, 0.3) is 0 Å². The number of nitrogens with zero attached hydrogens (tertiary/aromatic N) is 1. The number of ether oxygens (including phenoxy) is 2. The van der Waals surface area contributed by atoms with Crippen molar-refractivity contribution in [2.45, 2.75) is 38.8 Å². The molecule has 0 N–H and O–H groups in total. The van der Waals surface area contributed by atoms with Gasteiger partial charge in [0, 0.05) is 4.47 Å². The maximum absolute atomic E-state index is 13.1. The first-order valence-corrected chi connectivity index (χ1v) is 9.97. The van der Waals surface area contributed by atoms with Crippen LogP contribution >= 0.6 is 15.9 Å². The van der Waals surface area contributed by atoms with E-state index in [9.17, 15) is 18.0 Å². The maximum atomic E-state index is 13.1. The van der Waals surface area contributed by atoms with Gasteiger partial charge < -0.3 is 9.47 Å². The van der Waals surface area contributed by atoms with Crippen molar-refractivity contribution >= 4 is 21.9 Å². The molecule has 1 aromatic rings. The highest BCUT2D eigenvalue weighted by molar-refractivity contribution is 9.10. The van der Waals surface area contributed by atoms with Crippen LogP contribution in [0, 0.1) is 5.92 Å². The van der Waals surface area contributed by atoms with Crippen LogP contribution in [0.5, 0.6) is 5.75 Å². The van der Waals surface area contributed by atoms with E-state index in [0.717, 1.165) is 32.4 Å². The predicted octanol–water partition coefficient (Wildman–Crippen LogP) is 4.90. The summed E-state index contributed by atoms with van der Waals surface area (Å²) >= 11 is 2.95. The van der Waals surface area contributed by atoms with Crippen molar-refractivity contribution in [3.63, 3.8) is 0 Å². The van der Waals surface area contributed by atoms with E-state index in [1.54, 1.807) is 6.92 Å². The van der Waals surface area contributed by atoms with E-state index in [1.165, 1.54) is 18.2 Å². The average molecular weight is 452 g/mol. The lowest BCUT2D eigenvalue weighted by Crippen LogP contribution is -2.38. The predicted molar refractivity (Wildman–Crippen MR) is 99.7 cm³/mol. The third-order valence-corrected chi connectivity index (χ3v) is 5.30. The first-order chi connectivity index (χ1) is 12.8. The third kappa shape index (κ3) is 6.99. The van der Waals surface area contributed by atoms with Crippen LogP contribution in [-0.4, -0.2) is 43.7 Å². The fourth-order valence-corrected chi connectivity index (χ4v) is 3.85. The molecule has 152 valence electrons. The Morgan fingerprint density at radius 2 is 2.00 bits per heavy atom. The molecule has 1 fully saturated rings. The van der Waals surface area contributed by atoms with Crippen molar-refractivity contribution in [1.29, 1.82) is 0 Å². The first-order valence-electron chi connectivity index (χ1n) is 9.17. The Hall–Kier alpha value is -1.28. The molecule has 8 heteroatoms. The summed E-state index contributed by atoms with van der Waals surface area (Å²) in [4.78, 5) is 13.6. The summed E-state index contributed by atoms with van der Waals surface area (Å²) in [6, 6.07) is 4.25. The van der Waals surface area contributed by atoms with Gasteiger partial charge in [-0.05, 0) is 63.7 Å². The van der Waals surface area contributed by atoms with Gasteiger partial charge in [0.05, 0.1) is 19.8 Å². The van der Waals surface area contributed by atoms with E-state index in [0.29, 0.717) is 25.5 Å². The summed E-state index contributed by atoms with van der Waals surface area (Å²) in [5.74, 6) is 0.177. The first kappa shape index (κ1) is 22.0. The summed E-state index contributed by atoms with van der Waals surface area (Å²) in [7, 11) is 0. The molecule has 1 saturated heterocycles. The van der Waals surface area contributed by atoms with Crippen LogP contribution in [0.4, 0.5) is 13.2 Å². The molecule has 0 unspecified atom stereocenters. The SMILES string of the molecule is CCOC(=O)CN1CCC(CCCOc2cccc(Br)c2C(F)(F)F)CC1. The van der Waals surface area contributed by atoms with Crippen LogP contribution in [-0.2, 0) is 15.7 Å². The number of piperidine rings is 1. The van der Waals surface area contributed by atoms with Crippen molar-refractivity contribution < 1.29 is 27.4 Å². The molecular formula is C19H25BrF3NO3. The third-order valence-electron chi connectivity index (χ3n) is 4.64. The molecule has 0 radical (unpaired) electrons. The van der Waals surface area contributed by atoms with Crippen molar-refractivity contribution in [3.05, 3.63) is 28.2 Å². The minimum Gasteiger partial charge on any atom is -0.493 e. The summed E-state index contributed by atoms with van der Waals surface area (Å²) in [6.45, 7) is 4.44. The van der Waals surface area contributed by atoms with Gasteiger partial charge in [0.15, 0.2) is 0 Å². The van der Waals surface area contributed by atoms with Gasteiger partial charge in [-0.2, -0.15) is 13.2 Å². The number of carbonyl (C=O) groups excluding carboxylic acids is 1. The smallest absolute Gasteiger partial charge is 0.421 e. The lowest BCUT2D eigenvalue weighted by Gasteiger charge is -2.31. The highest BCUT2D eigenvalue weighted by Crippen LogP contribution is 2.41. The molecule has 0 saturated carbocycles. The van der Waals surface area contributed by atoms with Crippen LogP contribution in [0.2, 0.25) is 0 Å². The number of likely N-dealkylation sites (tertiary alicyclic amines) is 1. The molecule has 0 bridgehead atoms. The van der Waals surface area contributed by atoms with Gasteiger partial charge in [-0.25, -0.2) is 0 Å². The molecule has 4 nitrogen and oxygen atoms in total. The molecule has 0 spiro atoms. The Morgan fingerprint density at radius 1 is 1.30 bits per heavy atom. The quantitative estimate of drug-likeness (QED) is 0.416. The van der Waals surface area contributed by atoms with Crippen LogP contribution in [0.3, 0.4) is 0 Å². The van der Waals surface area contributed by atoms with Gasteiger partial charge in [-0.3, -0.25) is 9.69 Å². The lowest BCUT2D eigenvalue weighted by molar-refractivity contribution is -0.144.